The van der Waals surface area contributed by atoms with Crippen LogP contribution in [0.5, 0.6) is 0 Å². The Morgan fingerprint density at radius 2 is 0.713 bits per heavy atom. The number of hydrogen-bond acceptors (Lipinski definition) is 8. The van der Waals surface area contributed by atoms with E-state index in [4.69, 9.17) is 9.47 Å². The van der Waals surface area contributed by atoms with Crippen molar-refractivity contribution in [3.8, 4) is 0 Å². The van der Waals surface area contributed by atoms with Gasteiger partial charge >= 0.3 is 0 Å². The number of allylic oxidation sites excluding steroid dienone is 18. The number of aliphatic hydroxyl groups is 5. The van der Waals surface area contributed by atoms with Crippen LogP contribution in [-0.2, 0) is 14.3 Å². The van der Waals surface area contributed by atoms with Gasteiger partial charge in [-0.05, 0) is 83.5 Å². The molecule has 0 aliphatic carbocycles. The highest BCUT2D eigenvalue weighted by Crippen LogP contribution is 2.24. The predicted molar refractivity (Wildman–Crippen MR) is 373 cm³/mol. The van der Waals surface area contributed by atoms with Crippen molar-refractivity contribution in [3.05, 3.63) is 109 Å². The standard InChI is InChI=1S/C78H137NO8/c1-3-5-7-9-11-13-15-17-19-21-23-25-27-29-31-33-34-35-36-37-38-40-42-44-46-48-50-52-54-56-58-60-62-64-66-68-74(82)79-71(70-86-78-77(85)76(84)75(83)73(69-80)87-78)72(81)67-65-63-61-59-57-55-53-51-49-47-45-43-41-39-32-30-28-26-24-22-20-18-16-14-12-10-8-6-4-2/h5,7,11,13,17,19,23,25,29,31,34-35,37-38,42,44,48,50,71-73,75-78,80-81,83-85H,3-4,6,8-10,12,14-16,18,20-22,24,26-28,30,32-33,36,39-41,43,45-47,49,51-70H2,1-2H3,(H,79,82)/b7-5-,13-11-,19-17-,25-23-,31-29-,35-34-,38-37-,44-42-,50-48-. The Morgan fingerprint density at radius 3 is 1.06 bits per heavy atom. The van der Waals surface area contributed by atoms with Crippen LogP contribution in [0.4, 0.5) is 0 Å². The molecule has 6 N–H and O–H groups in total. The maximum Gasteiger partial charge on any atom is 0.220 e. The molecule has 0 aromatic rings. The van der Waals surface area contributed by atoms with Gasteiger partial charge in [0, 0.05) is 6.42 Å². The highest BCUT2D eigenvalue weighted by atomic mass is 16.7. The van der Waals surface area contributed by atoms with Gasteiger partial charge in [0.05, 0.1) is 25.4 Å². The van der Waals surface area contributed by atoms with Crippen LogP contribution in [0.15, 0.2) is 109 Å². The van der Waals surface area contributed by atoms with Crippen LogP contribution in [0.25, 0.3) is 0 Å². The molecule has 502 valence electrons. The van der Waals surface area contributed by atoms with E-state index < -0.39 is 49.5 Å². The van der Waals surface area contributed by atoms with Gasteiger partial charge < -0.3 is 40.3 Å². The second-order valence-electron chi connectivity index (χ2n) is 25.0. The Labute approximate surface area is 536 Å². The summed E-state index contributed by atoms with van der Waals surface area (Å²) in [4.78, 5) is 13.2. The van der Waals surface area contributed by atoms with Gasteiger partial charge in [-0.15, -0.1) is 0 Å². The van der Waals surface area contributed by atoms with E-state index in [0.29, 0.717) is 12.8 Å². The molecule has 0 radical (unpaired) electrons. The molecule has 1 fully saturated rings. The Bertz CT molecular complexity index is 1750. The second-order valence-corrected chi connectivity index (χ2v) is 25.0. The Morgan fingerprint density at radius 1 is 0.402 bits per heavy atom. The van der Waals surface area contributed by atoms with Gasteiger partial charge in [-0.25, -0.2) is 0 Å². The van der Waals surface area contributed by atoms with Gasteiger partial charge in [0.15, 0.2) is 6.29 Å². The molecule has 0 aromatic heterocycles. The molecule has 7 atom stereocenters. The zero-order valence-corrected chi connectivity index (χ0v) is 56.2. The predicted octanol–water partition coefficient (Wildman–Crippen LogP) is 20.4. The fourth-order valence-corrected chi connectivity index (χ4v) is 11.2. The van der Waals surface area contributed by atoms with Crippen molar-refractivity contribution in [3.63, 3.8) is 0 Å². The van der Waals surface area contributed by atoms with Crippen LogP contribution in [-0.4, -0.2) is 87.5 Å². The molecule has 87 heavy (non-hydrogen) atoms. The molecule has 0 bridgehead atoms. The maximum atomic E-state index is 13.2. The third-order valence-corrected chi connectivity index (χ3v) is 16.9. The minimum absolute atomic E-state index is 0.147. The molecule has 1 rings (SSSR count). The van der Waals surface area contributed by atoms with E-state index in [1.807, 2.05) is 0 Å². The number of unbranched alkanes of at least 4 members (excludes halogenated alkanes) is 35. The van der Waals surface area contributed by atoms with Crippen molar-refractivity contribution in [1.82, 2.24) is 5.32 Å². The van der Waals surface area contributed by atoms with E-state index in [-0.39, 0.29) is 12.5 Å². The number of hydrogen-bond donors (Lipinski definition) is 6. The van der Waals surface area contributed by atoms with Crippen LogP contribution in [0.2, 0.25) is 0 Å². The van der Waals surface area contributed by atoms with Crippen molar-refractivity contribution in [2.24, 2.45) is 0 Å². The summed E-state index contributed by atoms with van der Waals surface area (Å²) in [6.45, 7) is 3.75. The molecule has 1 aliphatic heterocycles. The van der Waals surface area contributed by atoms with Crippen molar-refractivity contribution >= 4 is 5.91 Å². The third-order valence-electron chi connectivity index (χ3n) is 16.9. The van der Waals surface area contributed by atoms with E-state index in [2.05, 4.69) is 129 Å². The Hall–Kier alpha value is -3.15. The first kappa shape index (κ1) is 81.9. The molecule has 0 saturated carbocycles. The number of rotatable bonds is 63. The Balaban J connectivity index is 2.14. The molecule has 1 saturated heterocycles. The van der Waals surface area contributed by atoms with E-state index >= 15 is 0 Å². The van der Waals surface area contributed by atoms with Gasteiger partial charge in [0.25, 0.3) is 0 Å². The van der Waals surface area contributed by atoms with Crippen LogP contribution < -0.4 is 5.32 Å². The smallest absolute Gasteiger partial charge is 0.220 e. The number of carbonyl (C=O) groups excluding carboxylic acids is 1. The summed E-state index contributed by atoms with van der Waals surface area (Å²) >= 11 is 0. The van der Waals surface area contributed by atoms with Crippen molar-refractivity contribution < 1.29 is 39.8 Å². The highest BCUT2D eigenvalue weighted by molar-refractivity contribution is 5.76. The van der Waals surface area contributed by atoms with Crippen LogP contribution >= 0.6 is 0 Å². The first-order valence-corrected chi connectivity index (χ1v) is 36.6. The lowest BCUT2D eigenvalue weighted by Gasteiger charge is -2.40. The summed E-state index contributed by atoms with van der Waals surface area (Å²) < 4.78 is 11.4. The average molecular weight is 1220 g/mol. The number of nitrogens with one attached hydrogen (secondary N) is 1. The number of aliphatic hydroxyl groups excluding tert-OH is 5. The van der Waals surface area contributed by atoms with Crippen LogP contribution in [0.1, 0.15) is 322 Å². The van der Waals surface area contributed by atoms with Crippen molar-refractivity contribution in [2.45, 2.75) is 365 Å². The van der Waals surface area contributed by atoms with Gasteiger partial charge in [-0.3, -0.25) is 4.79 Å². The molecule has 9 heteroatoms. The molecule has 0 spiro atoms. The first-order chi connectivity index (χ1) is 42.8. The fraction of sp³-hybridized carbons (Fsp3) is 0.756. The number of carbonyl (C=O) groups is 1. The SMILES string of the molecule is CC/C=C\C/C=C\C/C=C\C/C=C\C/C=C\C/C=C\C/C=C\C/C=C\C/C=C\CCCCCCCCCC(=O)NC(COC1OC(CO)C(O)C(O)C1O)C(O)CCCCCCCCCCCCCCCCCCCCCCCCCCCCCCC. The zero-order valence-electron chi connectivity index (χ0n) is 56.2. The summed E-state index contributed by atoms with van der Waals surface area (Å²) in [5.74, 6) is -0.156. The second kappa shape index (κ2) is 65.8. The number of amides is 1. The average Bonchev–Trinajstić information content (AvgIpc) is 3.47. The molecule has 0 aromatic carbocycles. The summed E-state index contributed by atoms with van der Waals surface area (Å²) in [5, 5.41) is 55.0. The van der Waals surface area contributed by atoms with Crippen molar-refractivity contribution in [2.75, 3.05) is 13.2 Å². The van der Waals surface area contributed by atoms with E-state index in [9.17, 15) is 30.3 Å². The first-order valence-electron chi connectivity index (χ1n) is 36.6. The molecular weight excluding hydrogens is 1080 g/mol. The third kappa shape index (κ3) is 54.3. The van der Waals surface area contributed by atoms with E-state index in [0.717, 1.165) is 109 Å². The molecule has 1 amide bonds. The molecule has 1 heterocycles. The topological polar surface area (TPSA) is 149 Å². The lowest BCUT2D eigenvalue weighted by atomic mass is 9.99. The van der Waals surface area contributed by atoms with Gasteiger partial charge in [0.2, 0.25) is 5.91 Å². The summed E-state index contributed by atoms with van der Waals surface area (Å²) in [5.41, 5.74) is 0. The minimum Gasteiger partial charge on any atom is -0.394 e. The van der Waals surface area contributed by atoms with Gasteiger partial charge in [0.1, 0.15) is 24.4 Å². The van der Waals surface area contributed by atoms with E-state index in [1.54, 1.807) is 0 Å². The normalized spacial score (nSPS) is 18.6. The summed E-state index contributed by atoms with van der Waals surface area (Å²) in [6, 6.07) is -0.735. The Kier molecular flexibility index (Phi) is 61.9. The fourth-order valence-electron chi connectivity index (χ4n) is 11.2. The lowest BCUT2D eigenvalue weighted by Crippen LogP contribution is -2.60. The van der Waals surface area contributed by atoms with Crippen LogP contribution in [0.3, 0.4) is 0 Å². The molecule has 1 aliphatic rings. The zero-order chi connectivity index (χ0) is 62.8. The summed E-state index contributed by atoms with van der Waals surface area (Å²) in [7, 11) is 0. The lowest BCUT2D eigenvalue weighted by molar-refractivity contribution is -0.302. The molecular formula is C78H137NO8. The van der Waals surface area contributed by atoms with Gasteiger partial charge in [-0.2, -0.15) is 0 Å². The maximum absolute atomic E-state index is 13.2. The summed E-state index contributed by atoms with van der Waals surface area (Å²) in [6.07, 6.45) is 90.1. The molecule has 7 unspecified atom stereocenters. The van der Waals surface area contributed by atoms with Crippen molar-refractivity contribution in [1.29, 1.82) is 0 Å². The quantitative estimate of drug-likeness (QED) is 0.0261. The largest absolute Gasteiger partial charge is 0.394 e. The van der Waals surface area contributed by atoms with E-state index in [1.165, 1.54) is 186 Å². The molecule has 9 nitrogen and oxygen atoms in total. The minimum atomic E-state index is -1.56. The number of ether oxygens (including phenoxy) is 2. The highest BCUT2D eigenvalue weighted by Gasteiger charge is 2.44. The van der Waals surface area contributed by atoms with Crippen LogP contribution in [0, 0.1) is 0 Å². The monoisotopic (exact) mass is 1220 g/mol. The van der Waals surface area contributed by atoms with Gasteiger partial charge in [-0.1, -0.05) is 342 Å².